The fourth-order valence-electron chi connectivity index (χ4n) is 3.56. The Kier molecular flexibility index (Phi) is 4.04. The molecule has 2 heterocycles. The normalized spacial score (nSPS) is 27.0. The summed E-state index contributed by atoms with van der Waals surface area (Å²) in [4.78, 5) is 14.1. The number of nitrogens with zero attached hydrogens (tertiary/aromatic N) is 1. The Balaban J connectivity index is 1.92. The van der Waals surface area contributed by atoms with Crippen LogP contribution in [0.1, 0.15) is 24.8 Å². The zero-order valence-electron chi connectivity index (χ0n) is 12.0. The number of halogens is 2. The molecule has 2 aliphatic rings. The number of hydrogen-bond acceptors (Lipinski definition) is 3. The second kappa shape index (κ2) is 5.67. The second-order valence-corrected chi connectivity index (χ2v) is 6.44. The van der Waals surface area contributed by atoms with Gasteiger partial charge < -0.3 is 15.0 Å². The molecule has 0 radical (unpaired) electrons. The van der Waals surface area contributed by atoms with Crippen molar-refractivity contribution in [3.8, 4) is 0 Å². The largest absolute Gasteiger partial charge is 0.380 e. The summed E-state index contributed by atoms with van der Waals surface area (Å²) in [6.45, 7) is 2.95. The molecule has 1 aromatic carbocycles. The topological polar surface area (TPSA) is 41.6 Å². The first-order chi connectivity index (χ1) is 10.0. The third kappa shape index (κ3) is 2.39. The van der Waals surface area contributed by atoms with Gasteiger partial charge in [0.15, 0.2) is 0 Å². The van der Waals surface area contributed by atoms with Gasteiger partial charge in [0.2, 0.25) is 5.91 Å². The van der Waals surface area contributed by atoms with Crippen LogP contribution in [-0.2, 0) is 9.53 Å². The van der Waals surface area contributed by atoms with Crippen LogP contribution in [0.15, 0.2) is 12.1 Å². The van der Waals surface area contributed by atoms with Gasteiger partial charge in [-0.05, 0) is 25.0 Å². The molecule has 2 unspecified atom stereocenters. The smallest absolute Gasteiger partial charge is 0.248 e. The van der Waals surface area contributed by atoms with Gasteiger partial charge in [-0.1, -0.05) is 29.3 Å². The van der Waals surface area contributed by atoms with Gasteiger partial charge in [0, 0.05) is 31.7 Å². The molecule has 1 amide bonds. The number of benzene rings is 1. The number of hydrogen-bond donors (Lipinski definition) is 1. The molecule has 0 spiro atoms. The molecule has 0 saturated carbocycles. The fourth-order valence-corrected chi connectivity index (χ4v) is 3.95. The van der Waals surface area contributed by atoms with E-state index in [0.717, 1.165) is 24.2 Å². The minimum absolute atomic E-state index is 0.0389. The van der Waals surface area contributed by atoms with Crippen molar-refractivity contribution in [1.29, 1.82) is 0 Å². The standard InChI is InChI=1S/C15H18Cl2N2O2/c1-8-13-9-3-4-10(16)14(17)15(9)18-11(13)5-6-19(8)12(20)7-21-2/h3-4,8,11,13,18H,5-7H2,1-2H3/t8-,11?,13?/m0/s1. The van der Waals surface area contributed by atoms with E-state index in [1.165, 1.54) is 0 Å². The number of methoxy groups -OCH3 is 1. The lowest BCUT2D eigenvalue weighted by atomic mass is 9.83. The summed E-state index contributed by atoms with van der Waals surface area (Å²) in [5, 5.41) is 4.61. The van der Waals surface area contributed by atoms with Crippen molar-refractivity contribution < 1.29 is 9.53 Å². The van der Waals surface area contributed by atoms with Crippen LogP contribution < -0.4 is 5.32 Å². The summed E-state index contributed by atoms with van der Waals surface area (Å²) in [6, 6.07) is 4.26. The predicted octanol–water partition coefficient (Wildman–Crippen LogP) is 3.14. The highest BCUT2D eigenvalue weighted by Crippen LogP contribution is 2.48. The highest BCUT2D eigenvalue weighted by Gasteiger charge is 2.43. The SMILES string of the molecule is COCC(=O)N1CCC2Nc3c(ccc(Cl)c3Cl)C2[C@@H]1C. The van der Waals surface area contributed by atoms with Gasteiger partial charge in [0.25, 0.3) is 0 Å². The molecule has 4 nitrogen and oxygen atoms in total. The number of likely N-dealkylation sites (tertiary alicyclic amines) is 1. The molecule has 114 valence electrons. The van der Waals surface area contributed by atoms with E-state index >= 15 is 0 Å². The van der Waals surface area contributed by atoms with E-state index < -0.39 is 0 Å². The van der Waals surface area contributed by atoms with Gasteiger partial charge in [-0.15, -0.1) is 0 Å². The maximum absolute atomic E-state index is 12.2. The average Bonchev–Trinajstić information content (AvgIpc) is 2.83. The number of amides is 1. The zero-order chi connectivity index (χ0) is 15.1. The van der Waals surface area contributed by atoms with Crippen molar-refractivity contribution in [2.75, 3.05) is 25.6 Å². The lowest BCUT2D eigenvalue weighted by Crippen LogP contribution is -2.51. The number of fused-ring (bicyclic) bond motifs is 3. The first-order valence-electron chi connectivity index (χ1n) is 7.07. The van der Waals surface area contributed by atoms with Crippen molar-refractivity contribution in [3.05, 3.63) is 27.7 Å². The van der Waals surface area contributed by atoms with Crippen molar-refractivity contribution in [3.63, 3.8) is 0 Å². The third-order valence-electron chi connectivity index (χ3n) is 4.53. The van der Waals surface area contributed by atoms with E-state index in [1.807, 2.05) is 17.0 Å². The molecule has 21 heavy (non-hydrogen) atoms. The summed E-state index contributed by atoms with van der Waals surface area (Å²) >= 11 is 12.4. The molecular formula is C15H18Cl2N2O2. The molecule has 6 heteroatoms. The first-order valence-corrected chi connectivity index (χ1v) is 7.83. The Bertz CT molecular complexity index is 579. The van der Waals surface area contributed by atoms with E-state index in [4.69, 9.17) is 27.9 Å². The molecule has 0 bridgehead atoms. The summed E-state index contributed by atoms with van der Waals surface area (Å²) in [7, 11) is 1.55. The number of piperidine rings is 1. The van der Waals surface area contributed by atoms with Gasteiger partial charge >= 0.3 is 0 Å². The molecule has 0 aliphatic carbocycles. The van der Waals surface area contributed by atoms with Gasteiger partial charge in [0.1, 0.15) is 6.61 Å². The summed E-state index contributed by atoms with van der Waals surface area (Å²) in [5.41, 5.74) is 2.07. The van der Waals surface area contributed by atoms with Crippen LogP contribution >= 0.6 is 23.2 Å². The highest BCUT2D eigenvalue weighted by atomic mass is 35.5. The maximum Gasteiger partial charge on any atom is 0.248 e. The lowest BCUT2D eigenvalue weighted by molar-refractivity contribution is -0.139. The number of ether oxygens (including phenoxy) is 1. The average molecular weight is 329 g/mol. The Morgan fingerprint density at radius 3 is 2.95 bits per heavy atom. The van der Waals surface area contributed by atoms with Gasteiger partial charge in [-0.25, -0.2) is 0 Å². The Morgan fingerprint density at radius 2 is 2.24 bits per heavy atom. The third-order valence-corrected chi connectivity index (χ3v) is 5.33. The van der Waals surface area contributed by atoms with Gasteiger partial charge in [-0.3, -0.25) is 4.79 Å². The highest BCUT2D eigenvalue weighted by molar-refractivity contribution is 6.43. The lowest BCUT2D eigenvalue weighted by Gasteiger charge is -2.41. The van der Waals surface area contributed by atoms with Gasteiger partial charge in [-0.2, -0.15) is 0 Å². The van der Waals surface area contributed by atoms with Crippen molar-refractivity contribution in [2.24, 2.45) is 0 Å². The zero-order valence-corrected chi connectivity index (χ0v) is 13.5. The van der Waals surface area contributed by atoms with Crippen LogP contribution in [0.3, 0.4) is 0 Å². The molecule has 1 aromatic rings. The molecule has 0 aromatic heterocycles. The van der Waals surface area contributed by atoms with Gasteiger partial charge in [0.05, 0.1) is 15.7 Å². The minimum atomic E-state index is 0.0389. The maximum atomic E-state index is 12.2. The summed E-state index contributed by atoms with van der Waals surface area (Å²) in [6.07, 6.45) is 0.896. The molecule has 1 fully saturated rings. The predicted molar refractivity (Wildman–Crippen MR) is 84.3 cm³/mol. The Labute approximate surface area is 134 Å². The van der Waals surface area contributed by atoms with Crippen LogP contribution in [0.2, 0.25) is 10.0 Å². The number of anilines is 1. The minimum Gasteiger partial charge on any atom is -0.380 e. The quantitative estimate of drug-likeness (QED) is 0.906. The molecule has 3 rings (SSSR count). The molecule has 3 atom stereocenters. The van der Waals surface area contributed by atoms with Crippen LogP contribution in [0, 0.1) is 0 Å². The van der Waals surface area contributed by atoms with E-state index in [2.05, 4.69) is 12.2 Å². The number of carbonyl (C=O) groups excluding carboxylic acids is 1. The van der Waals surface area contributed by atoms with E-state index in [0.29, 0.717) is 16.1 Å². The van der Waals surface area contributed by atoms with Crippen LogP contribution in [0.25, 0.3) is 0 Å². The summed E-state index contributed by atoms with van der Waals surface area (Å²) < 4.78 is 4.98. The number of rotatable bonds is 2. The monoisotopic (exact) mass is 328 g/mol. The van der Waals surface area contributed by atoms with Crippen molar-refractivity contribution in [2.45, 2.75) is 31.3 Å². The summed E-state index contributed by atoms with van der Waals surface area (Å²) in [5.74, 6) is 0.279. The van der Waals surface area contributed by atoms with E-state index in [9.17, 15) is 4.79 Å². The second-order valence-electron chi connectivity index (χ2n) is 5.65. The van der Waals surface area contributed by atoms with Crippen LogP contribution in [0.5, 0.6) is 0 Å². The number of carbonyl (C=O) groups is 1. The van der Waals surface area contributed by atoms with Crippen molar-refractivity contribution in [1.82, 2.24) is 4.90 Å². The Morgan fingerprint density at radius 1 is 1.48 bits per heavy atom. The molecular weight excluding hydrogens is 311 g/mol. The molecule has 1 saturated heterocycles. The van der Waals surface area contributed by atoms with E-state index in [1.54, 1.807) is 7.11 Å². The fraction of sp³-hybridized carbons (Fsp3) is 0.533. The van der Waals surface area contributed by atoms with Crippen LogP contribution in [-0.4, -0.2) is 43.2 Å². The molecule has 2 aliphatic heterocycles. The Hall–Kier alpha value is -0.970. The molecule has 1 N–H and O–H groups in total. The van der Waals surface area contributed by atoms with E-state index in [-0.39, 0.29) is 24.5 Å². The van der Waals surface area contributed by atoms with Crippen molar-refractivity contribution >= 4 is 34.8 Å². The first kappa shape index (κ1) is 14.9. The van der Waals surface area contributed by atoms with Crippen LogP contribution in [0.4, 0.5) is 5.69 Å². The number of nitrogens with one attached hydrogen (secondary N) is 1.